The van der Waals surface area contributed by atoms with Gasteiger partial charge < -0.3 is 9.15 Å². The highest BCUT2D eigenvalue weighted by molar-refractivity contribution is 7.99. The molecule has 1 heterocycles. The van der Waals surface area contributed by atoms with Gasteiger partial charge in [-0.15, -0.1) is 10.2 Å². The normalized spacial score (nSPS) is 10.6. The molecule has 1 aromatic heterocycles. The molecule has 8 heteroatoms. The summed E-state index contributed by atoms with van der Waals surface area (Å²) >= 11 is 13.0. The predicted molar refractivity (Wildman–Crippen MR) is 96.7 cm³/mol. The standard InChI is InChI=1S/C17H12Cl2N2O3S/c18-12-7-5-11(6-8-12)9-23-15(22)10-25-17-21-20-16(24-17)13-3-1-2-4-14(13)19/h1-8H,9-10H2. The highest BCUT2D eigenvalue weighted by atomic mass is 35.5. The monoisotopic (exact) mass is 394 g/mol. The average molecular weight is 395 g/mol. The molecular weight excluding hydrogens is 383 g/mol. The molecule has 0 N–H and O–H groups in total. The average Bonchev–Trinajstić information content (AvgIpc) is 3.08. The molecule has 0 saturated heterocycles. The molecule has 0 aliphatic heterocycles. The molecule has 3 rings (SSSR count). The van der Waals surface area contributed by atoms with E-state index in [-0.39, 0.29) is 23.6 Å². The number of rotatable bonds is 6. The summed E-state index contributed by atoms with van der Waals surface area (Å²) in [5.41, 5.74) is 1.51. The van der Waals surface area contributed by atoms with Crippen molar-refractivity contribution in [2.75, 3.05) is 5.75 Å². The van der Waals surface area contributed by atoms with Crippen molar-refractivity contribution in [3.63, 3.8) is 0 Å². The van der Waals surface area contributed by atoms with Crippen LogP contribution in [0.3, 0.4) is 0 Å². The van der Waals surface area contributed by atoms with E-state index in [2.05, 4.69) is 10.2 Å². The second-order valence-electron chi connectivity index (χ2n) is 4.93. The van der Waals surface area contributed by atoms with E-state index in [0.29, 0.717) is 21.5 Å². The topological polar surface area (TPSA) is 65.2 Å². The van der Waals surface area contributed by atoms with E-state index in [1.807, 2.05) is 12.1 Å². The number of hydrogen-bond donors (Lipinski definition) is 0. The van der Waals surface area contributed by atoms with Gasteiger partial charge >= 0.3 is 5.97 Å². The van der Waals surface area contributed by atoms with Crippen molar-refractivity contribution < 1.29 is 13.9 Å². The molecule has 3 aromatic rings. The SMILES string of the molecule is O=C(CSc1nnc(-c2ccccc2Cl)o1)OCc1ccc(Cl)cc1. The molecule has 0 aliphatic carbocycles. The number of hydrogen-bond acceptors (Lipinski definition) is 6. The van der Waals surface area contributed by atoms with Crippen LogP contribution in [0.1, 0.15) is 5.56 Å². The van der Waals surface area contributed by atoms with Gasteiger partial charge in [0.15, 0.2) is 0 Å². The molecule has 0 saturated carbocycles. The lowest BCUT2D eigenvalue weighted by Crippen LogP contribution is -2.07. The van der Waals surface area contributed by atoms with Crippen molar-refractivity contribution in [2.24, 2.45) is 0 Å². The van der Waals surface area contributed by atoms with Crippen LogP contribution in [0.25, 0.3) is 11.5 Å². The lowest BCUT2D eigenvalue weighted by atomic mass is 10.2. The van der Waals surface area contributed by atoms with Gasteiger partial charge in [-0.3, -0.25) is 4.79 Å². The van der Waals surface area contributed by atoms with Gasteiger partial charge in [-0.2, -0.15) is 0 Å². The van der Waals surface area contributed by atoms with E-state index in [4.69, 9.17) is 32.4 Å². The van der Waals surface area contributed by atoms with E-state index in [9.17, 15) is 4.79 Å². The van der Waals surface area contributed by atoms with Gasteiger partial charge in [0.05, 0.1) is 10.6 Å². The third kappa shape index (κ3) is 4.98. The third-order valence-corrected chi connectivity index (χ3v) is 4.51. The van der Waals surface area contributed by atoms with Crippen molar-refractivity contribution in [1.29, 1.82) is 0 Å². The maximum atomic E-state index is 11.8. The number of ether oxygens (including phenoxy) is 1. The zero-order valence-corrected chi connectivity index (χ0v) is 15.1. The van der Waals surface area contributed by atoms with E-state index in [1.54, 1.807) is 36.4 Å². The number of halogens is 2. The van der Waals surface area contributed by atoms with Crippen LogP contribution in [0, 0.1) is 0 Å². The van der Waals surface area contributed by atoms with Gasteiger partial charge in [0.2, 0.25) is 5.89 Å². The molecule has 0 bridgehead atoms. The summed E-state index contributed by atoms with van der Waals surface area (Å²) in [5.74, 6) is -0.00217. The Balaban J connectivity index is 1.51. The highest BCUT2D eigenvalue weighted by Crippen LogP contribution is 2.28. The zero-order valence-electron chi connectivity index (χ0n) is 12.8. The van der Waals surface area contributed by atoms with E-state index in [1.165, 1.54) is 0 Å². The molecule has 0 spiro atoms. The van der Waals surface area contributed by atoms with Crippen molar-refractivity contribution in [3.05, 3.63) is 64.1 Å². The Hall–Kier alpha value is -2.02. The summed E-state index contributed by atoms with van der Waals surface area (Å²) in [7, 11) is 0. The zero-order chi connectivity index (χ0) is 17.6. The number of aromatic nitrogens is 2. The Morgan fingerprint density at radius 3 is 2.60 bits per heavy atom. The lowest BCUT2D eigenvalue weighted by Gasteiger charge is -2.03. The number of thioether (sulfide) groups is 1. The summed E-state index contributed by atoms with van der Waals surface area (Å²) in [6.45, 7) is 0.186. The van der Waals surface area contributed by atoms with Crippen LogP contribution in [0.2, 0.25) is 10.0 Å². The summed E-state index contributed by atoms with van der Waals surface area (Å²) < 4.78 is 10.7. The van der Waals surface area contributed by atoms with Gasteiger partial charge in [-0.05, 0) is 29.8 Å². The number of esters is 1. The minimum atomic E-state index is -0.377. The van der Waals surface area contributed by atoms with Gasteiger partial charge in [0, 0.05) is 5.02 Å². The molecule has 2 aromatic carbocycles. The Labute approximate surface area is 158 Å². The molecule has 25 heavy (non-hydrogen) atoms. The van der Waals surface area contributed by atoms with Crippen LogP contribution < -0.4 is 0 Å². The molecule has 0 atom stereocenters. The van der Waals surface area contributed by atoms with Crippen molar-refractivity contribution in [2.45, 2.75) is 11.8 Å². The Bertz CT molecular complexity index is 868. The van der Waals surface area contributed by atoms with Crippen LogP contribution in [0.4, 0.5) is 0 Å². The number of carbonyl (C=O) groups excluding carboxylic acids is 1. The quantitative estimate of drug-likeness (QED) is 0.438. The molecule has 0 unspecified atom stereocenters. The van der Waals surface area contributed by atoms with E-state index < -0.39 is 0 Å². The van der Waals surface area contributed by atoms with Crippen LogP contribution >= 0.6 is 35.0 Å². The second kappa shape index (κ2) is 8.38. The van der Waals surface area contributed by atoms with E-state index >= 15 is 0 Å². The fourth-order valence-corrected chi connectivity index (χ4v) is 2.82. The minimum Gasteiger partial charge on any atom is -0.460 e. The van der Waals surface area contributed by atoms with Crippen LogP contribution in [0.15, 0.2) is 58.2 Å². The minimum absolute atomic E-state index is 0.0672. The summed E-state index contributed by atoms with van der Waals surface area (Å²) in [6.07, 6.45) is 0. The van der Waals surface area contributed by atoms with E-state index in [0.717, 1.165) is 17.3 Å². The molecular formula is C17H12Cl2N2O3S. The van der Waals surface area contributed by atoms with Crippen LogP contribution in [0.5, 0.6) is 0 Å². The summed E-state index contributed by atoms with van der Waals surface area (Å²) in [4.78, 5) is 11.8. The fraction of sp³-hybridized carbons (Fsp3) is 0.118. The van der Waals surface area contributed by atoms with Gasteiger partial charge in [-0.25, -0.2) is 0 Å². The van der Waals surface area contributed by atoms with Gasteiger partial charge in [0.25, 0.3) is 5.22 Å². The van der Waals surface area contributed by atoms with Gasteiger partial charge in [-0.1, -0.05) is 59.2 Å². The van der Waals surface area contributed by atoms with Crippen molar-refractivity contribution in [1.82, 2.24) is 10.2 Å². The lowest BCUT2D eigenvalue weighted by molar-refractivity contribution is -0.141. The third-order valence-electron chi connectivity index (χ3n) is 3.14. The number of benzene rings is 2. The number of carbonyl (C=O) groups is 1. The van der Waals surface area contributed by atoms with Crippen molar-refractivity contribution in [3.8, 4) is 11.5 Å². The largest absolute Gasteiger partial charge is 0.460 e. The molecule has 0 radical (unpaired) electrons. The van der Waals surface area contributed by atoms with Crippen LogP contribution in [-0.4, -0.2) is 21.9 Å². The first kappa shape index (κ1) is 17.8. The number of nitrogens with zero attached hydrogens (tertiary/aromatic N) is 2. The molecule has 0 amide bonds. The molecule has 5 nitrogen and oxygen atoms in total. The molecule has 128 valence electrons. The summed E-state index contributed by atoms with van der Waals surface area (Å²) in [6, 6.07) is 14.3. The fourth-order valence-electron chi connectivity index (χ4n) is 1.92. The Kier molecular flexibility index (Phi) is 5.96. The van der Waals surface area contributed by atoms with Gasteiger partial charge in [0.1, 0.15) is 12.4 Å². The van der Waals surface area contributed by atoms with Crippen LogP contribution in [-0.2, 0) is 16.1 Å². The predicted octanol–water partition coefficient (Wildman–Crippen LogP) is 4.88. The summed E-state index contributed by atoms with van der Waals surface area (Å²) in [5, 5.41) is 9.27. The first-order chi connectivity index (χ1) is 12.1. The molecule has 0 fully saturated rings. The van der Waals surface area contributed by atoms with Crippen molar-refractivity contribution >= 4 is 40.9 Å². The second-order valence-corrected chi connectivity index (χ2v) is 6.70. The maximum Gasteiger partial charge on any atom is 0.316 e. The first-order valence-electron chi connectivity index (χ1n) is 7.23. The maximum absolute atomic E-state index is 11.8. The molecule has 0 aliphatic rings. The Morgan fingerprint density at radius 2 is 1.84 bits per heavy atom. The smallest absolute Gasteiger partial charge is 0.316 e. The highest BCUT2D eigenvalue weighted by Gasteiger charge is 2.13. The first-order valence-corrected chi connectivity index (χ1v) is 8.97. The Morgan fingerprint density at radius 1 is 1.08 bits per heavy atom.